The maximum Gasteiger partial charge on any atom is 0.412 e. The number of hydrogen-bond acceptors (Lipinski definition) is 5. The van der Waals surface area contributed by atoms with Crippen molar-refractivity contribution in [1.82, 2.24) is 14.7 Å². The fraction of sp³-hybridized carbons (Fsp3) is 0.280. The van der Waals surface area contributed by atoms with E-state index in [9.17, 15) is 14.4 Å². The number of ether oxygens (including phenoxy) is 1. The fourth-order valence-electron chi connectivity index (χ4n) is 4.26. The summed E-state index contributed by atoms with van der Waals surface area (Å²) in [5.41, 5.74) is 4.52. The van der Waals surface area contributed by atoms with Gasteiger partial charge < -0.3 is 14.7 Å². The summed E-state index contributed by atoms with van der Waals surface area (Å²) in [6, 6.07) is 15.7. The second-order valence-electron chi connectivity index (χ2n) is 8.40. The van der Waals surface area contributed by atoms with Gasteiger partial charge in [-0.3, -0.25) is 19.6 Å². The van der Waals surface area contributed by atoms with E-state index in [1.165, 1.54) is 15.8 Å². The Kier molecular flexibility index (Phi) is 6.36. The molecule has 0 saturated carbocycles. The number of carboxylic acids is 1. The molecule has 34 heavy (non-hydrogen) atoms. The Morgan fingerprint density at radius 3 is 2.24 bits per heavy atom. The molecule has 1 aliphatic carbocycles. The molecule has 0 aliphatic heterocycles. The second kappa shape index (κ2) is 9.38. The van der Waals surface area contributed by atoms with Crippen LogP contribution in [0.5, 0.6) is 0 Å². The van der Waals surface area contributed by atoms with Crippen molar-refractivity contribution in [3.8, 4) is 11.1 Å². The normalized spacial score (nSPS) is 12.2. The predicted molar refractivity (Wildman–Crippen MR) is 126 cm³/mol. The summed E-state index contributed by atoms with van der Waals surface area (Å²) in [6.45, 7) is 3.10. The van der Waals surface area contributed by atoms with Crippen LogP contribution in [-0.4, -0.2) is 57.0 Å². The van der Waals surface area contributed by atoms with Crippen LogP contribution in [0.25, 0.3) is 11.1 Å². The van der Waals surface area contributed by atoms with Gasteiger partial charge in [0.2, 0.25) is 0 Å². The minimum Gasteiger partial charge on any atom is -0.480 e. The number of aromatic nitrogens is 2. The lowest BCUT2D eigenvalue weighted by Crippen LogP contribution is -2.41. The van der Waals surface area contributed by atoms with Gasteiger partial charge in [0, 0.05) is 19.0 Å². The van der Waals surface area contributed by atoms with Gasteiger partial charge in [-0.05, 0) is 36.1 Å². The topological polar surface area (TPSA) is 114 Å². The summed E-state index contributed by atoms with van der Waals surface area (Å²) in [4.78, 5) is 38.1. The Morgan fingerprint density at radius 1 is 1.09 bits per heavy atom. The Bertz CT molecular complexity index is 1200. The number of nitrogens with one attached hydrogen (secondary N) is 1. The molecule has 0 atom stereocenters. The highest BCUT2D eigenvalue weighted by Crippen LogP contribution is 2.44. The minimum absolute atomic E-state index is 0.0888. The van der Waals surface area contributed by atoms with E-state index < -0.39 is 24.5 Å². The van der Waals surface area contributed by atoms with E-state index in [0.717, 1.165) is 22.3 Å². The molecule has 2 aromatic carbocycles. The Hall–Kier alpha value is -4.14. The Morgan fingerprint density at radius 2 is 1.68 bits per heavy atom. The van der Waals surface area contributed by atoms with Crippen LogP contribution in [0.3, 0.4) is 0 Å². The van der Waals surface area contributed by atoms with Crippen LogP contribution < -0.4 is 5.32 Å². The molecule has 0 spiro atoms. The second-order valence-corrected chi connectivity index (χ2v) is 8.40. The van der Waals surface area contributed by atoms with Crippen molar-refractivity contribution in [3.05, 3.63) is 71.4 Å². The first-order valence-electron chi connectivity index (χ1n) is 10.9. The lowest BCUT2D eigenvalue weighted by molar-refractivity contribution is -0.138. The molecule has 1 aliphatic rings. The summed E-state index contributed by atoms with van der Waals surface area (Å²) in [6.07, 6.45) is 0.576. The molecule has 0 fully saturated rings. The van der Waals surface area contributed by atoms with Crippen LogP contribution in [0.4, 0.5) is 10.6 Å². The quantitative estimate of drug-likeness (QED) is 0.553. The van der Waals surface area contributed by atoms with Crippen LogP contribution in [0.1, 0.15) is 41.3 Å². The van der Waals surface area contributed by atoms with Gasteiger partial charge in [0.05, 0.1) is 6.20 Å². The van der Waals surface area contributed by atoms with Crippen LogP contribution in [0.2, 0.25) is 0 Å². The highest BCUT2D eigenvalue weighted by molar-refractivity contribution is 6.02. The summed E-state index contributed by atoms with van der Waals surface area (Å²) in [5.74, 6) is -1.63. The highest BCUT2D eigenvalue weighted by Gasteiger charge is 2.30. The maximum absolute atomic E-state index is 13.0. The smallest absolute Gasteiger partial charge is 0.412 e. The van der Waals surface area contributed by atoms with Crippen molar-refractivity contribution >= 4 is 23.8 Å². The molecule has 0 radical (unpaired) electrons. The minimum atomic E-state index is -1.13. The Balaban J connectivity index is 1.49. The average Bonchev–Trinajstić information content (AvgIpc) is 3.33. The Labute approximate surface area is 196 Å². The number of carbonyl (C=O) groups is 3. The predicted octanol–water partition coefficient (Wildman–Crippen LogP) is 3.72. The number of aliphatic carboxylic acids is 1. The van der Waals surface area contributed by atoms with Crippen LogP contribution in [0, 0.1) is 0 Å². The summed E-state index contributed by atoms with van der Waals surface area (Å²) < 4.78 is 6.91. The summed E-state index contributed by atoms with van der Waals surface area (Å²) >= 11 is 0. The van der Waals surface area contributed by atoms with Gasteiger partial charge in [0.1, 0.15) is 24.5 Å². The molecule has 1 heterocycles. The lowest BCUT2D eigenvalue weighted by atomic mass is 9.98. The largest absolute Gasteiger partial charge is 0.480 e. The molecule has 9 nitrogen and oxygen atoms in total. The van der Waals surface area contributed by atoms with Gasteiger partial charge in [-0.15, -0.1) is 0 Å². The van der Waals surface area contributed by atoms with E-state index in [0.29, 0.717) is 0 Å². The van der Waals surface area contributed by atoms with Crippen molar-refractivity contribution in [2.45, 2.75) is 25.8 Å². The third-order valence-corrected chi connectivity index (χ3v) is 5.92. The van der Waals surface area contributed by atoms with Gasteiger partial charge in [0.25, 0.3) is 5.91 Å². The van der Waals surface area contributed by atoms with Gasteiger partial charge in [-0.25, -0.2) is 4.79 Å². The molecular formula is C25H26N4O5. The SMILES string of the molecule is CC(C)N(CC(=O)O)C(=O)c1cnn(C)c1NC(=O)OCC1c2ccccc2-c2ccccc21. The monoisotopic (exact) mass is 462 g/mol. The molecule has 176 valence electrons. The van der Waals surface area contributed by atoms with Crippen molar-refractivity contribution in [2.24, 2.45) is 7.05 Å². The van der Waals surface area contributed by atoms with E-state index in [2.05, 4.69) is 22.5 Å². The van der Waals surface area contributed by atoms with Crippen molar-refractivity contribution in [2.75, 3.05) is 18.5 Å². The zero-order valence-electron chi connectivity index (χ0n) is 19.2. The highest BCUT2D eigenvalue weighted by atomic mass is 16.5. The number of carbonyl (C=O) groups excluding carboxylic acids is 2. The average molecular weight is 463 g/mol. The molecule has 0 unspecified atom stereocenters. The van der Waals surface area contributed by atoms with E-state index in [1.54, 1.807) is 20.9 Å². The van der Waals surface area contributed by atoms with Crippen LogP contribution >= 0.6 is 0 Å². The number of hydrogen-bond donors (Lipinski definition) is 2. The van der Waals surface area contributed by atoms with Crippen molar-refractivity contribution < 1.29 is 24.2 Å². The number of nitrogens with zero attached hydrogens (tertiary/aromatic N) is 3. The number of amides is 2. The molecule has 0 bridgehead atoms. The van der Waals surface area contributed by atoms with Crippen LogP contribution in [-0.2, 0) is 16.6 Å². The van der Waals surface area contributed by atoms with Gasteiger partial charge >= 0.3 is 12.1 Å². The maximum atomic E-state index is 13.0. The van der Waals surface area contributed by atoms with Crippen LogP contribution in [0.15, 0.2) is 54.7 Å². The molecular weight excluding hydrogens is 436 g/mol. The molecule has 9 heteroatoms. The molecule has 0 saturated heterocycles. The summed E-state index contributed by atoms with van der Waals surface area (Å²) in [7, 11) is 1.58. The third kappa shape index (κ3) is 4.36. The van der Waals surface area contributed by atoms with Gasteiger partial charge in [-0.2, -0.15) is 5.10 Å². The number of carboxylic acid groups (broad SMARTS) is 1. The lowest BCUT2D eigenvalue weighted by Gasteiger charge is -2.24. The molecule has 2 amide bonds. The van der Waals surface area contributed by atoms with Gasteiger partial charge in [-0.1, -0.05) is 48.5 Å². The zero-order chi connectivity index (χ0) is 24.4. The first kappa shape index (κ1) is 23.0. The van der Waals surface area contributed by atoms with E-state index in [-0.39, 0.29) is 29.9 Å². The van der Waals surface area contributed by atoms with Gasteiger partial charge in [0.15, 0.2) is 0 Å². The standard InChI is InChI=1S/C25H26N4O5/c1-15(2)29(13-22(30)31)24(32)20-12-26-28(3)23(20)27-25(33)34-14-21-18-10-6-4-8-16(18)17-9-5-7-11-19(17)21/h4-12,15,21H,13-14H2,1-3H3,(H,27,33)(H,30,31). The molecule has 2 N–H and O–H groups in total. The number of fused-ring (bicyclic) bond motifs is 3. The van der Waals surface area contributed by atoms with E-state index in [4.69, 9.17) is 9.84 Å². The van der Waals surface area contributed by atoms with Crippen molar-refractivity contribution in [3.63, 3.8) is 0 Å². The number of benzene rings is 2. The molecule has 1 aromatic heterocycles. The first-order valence-corrected chi connectivity index (χ1v) is 10.9. The zero-order valence-corrected chi connectivity index (χ0v) is 19.2. The molecule has 3 aromatic rings. The summed E-state index contributed by atoms with van der Waals surface area (Å²) in [5, 5.41) is 15.8. The van der Waals surface area contributed by atoms with E-state index >= 15 is 0 Å². The van der Waals surface area contributed by atoms with Crippen molar-refractivity contribution in [1.29, 1.82) is 0 Å². The number of rotatable bonds is 7. The number of anilines is 1. The van der Waals surface area contributed by atoms with E-state index in [1.807, 2.05) is 36.4 Å². The fourth-order valence-corrected chi connectivity index (χ4v) is 4.26. The molecule has 4 rings (SSSR count). The third-order valence-electron chi connectivity index (χ3n) is 5.92. The number of aryl methyl sites for hydroxylation is 1. The first-order chi connectivity index (χ1) is 16.3.